The molecule has 0 unspecified atom stereocenters. The summed E-state index contributed by atoms with van der Waals surface area (Å²) in [6.45, 7) is 3.41. The van der Waals surface area contributed by atoms with Crippen LogP contribution in [0.1, 0.15) is 33.2 Å². The summed E-state index contributed by atoms with van der Waals surface area (Å²) in [4.78, 5) is 36.4. The van der Waals surface area contributed by atoms with E-state index >= 15 is 0 Å². The summed E-state index contributed by atoms with van der Waals surface area (Å²) in [5, 5.41) is 16.1. The van der Waals surface area contributed by atoms with E-state index in [-0.39, 0.29) is 28.4 Å². The Kier molecular flexibility index (Phi) is 6.66. The third kappa shape index (κ3) is 4.56. The van der Waals surface area contributed by atoms with Crippen LogP contribution in [0.5, 0.6) is 5.75 Å². The molecule has 0 saturated heterocycles. The van der Waals surface area contributed by atoms with Gasteiger partial charge in [-0.05, 0) is 37.6 Å². The molecule has 0 spiro atoms. The van der Waals surface area contributed by atoms with Crippen molar-refractivity contribution in [3.05, 3.63) is 74.6 Å². The zero-order valence-electron chi connectivity index (χ0n) is 17.1. The lowest BCUT2D eigenvalue weighted by Gasteiger charge is -2.10. The molecule has 2 aromatic carbocycles. The molecular weight excluding hydrogens is 420 g/mol. The average molecular weight is 440 g/mol. The maximum absolute atomic E-state index is 12.9. The van der Waals surface area contributed by atoms with Crippen molar-refractivity contribution >= 4 is 33.9 Å². The second-order valence-corrected chi connectivity index (χ2v) is 7.36. The van der Waals surface area contributed by atoms with E-state index in [9.17, 15) is 19.7 Å². The summed E-state index contributed by atoms with van der Waals surface area (Å²) in [6.07, 6.45) is 0. The van der Waals surface area contributed by atoms with Gasteiger partial charge in [0.2, 0.25) is 0 Å². The summed E-state index contributed by atoms with van der Waals surface area (Å²) >= 11 is 1.14. The van der Waals surface area contributed by atoms with Crippen molar-refractivity contribution < 1.29 is 24.0 Å². The van der Waals surface area contributed by atoms with Crippen LogP contribution in [-0.2, 0) is 4.74 Å². The number of benzene rings is 2. The SMILES string of the molecule is CCOC(=O)c1c(-c2ccc(OC)cc2)csc1NC(=O)c1cccc(C)c1[N+](=O)[O-]. The second-order valence-electron chi connectivity index (χ2n) is 6.48. The molecule has 0 aliphatic heterocycles. The van der Waals surface area contributed by atoms with Gasteiger partial charge in [-0.3, -0.25) is 14.9 Å². The molecule has 1 N–H and O–H groups in total. The average Bonchev–Trinajstić information content (AvgIpc) is 3.17. The molecule has 0 aliphatic rings. The van der Waals surface area contributed by atoms with Gasteiger partial charge in [-0.1, -0.05) is 24.3 Å². The third-order valence-corrected chi connectivity index (χ3v) is 5.46. The third-order valence-electron chi connectivity index (χ3n) is 4.56. The fraction of sp³-hybridized carbons (Fsp3) is 0.182. The molecular formula is C22H20N2O6S. The summed E-state index contributed by atoms with van der Waals surface area (Å²) in [6, 6.07) is 11.6. The van der Waals surface area contributed by atoms with Gasteiger partial charge in [0.05, 0.1) is 18.6 Å². The maximum atomic E-state index is 12.9. The van der Waals surface area contributed by atoms with Crippen molar-refractivity contribution in [2.24, 2.45) is 0 Å². The molecule has 0 saturated carbocycles. The molecule has 8 nitrogen and oxygen atoms in total. The van der Waals surface area contributed by atoms with Crippen molar-refractivity contribution in [1.82, 2.24) is 0 Å². The normalized spacial score (nSPS) is 10.4. The predicted octanol–water partition coefficient (Wildman–Crippen LogP) is 5.07. The van der Waals surface area contributed by atoms with E-state index in [0.29, 0.717) is 16.9 Å². The monoisotopic (exact) mass is 440 g/mol. The van der Waals surface area contributed by atoms with Crippen LogP contribution in [0.4, 0.5) is 10.7 Å². The number of aryl methyl sites for hydroxylation is 1. The van der Waals surface area contributed by atoms with Gasteiger partial charge in [-0.2, -0.15) is 0 Å². The number of nitrogens with one attached hydrogen (secondary N) is 1. The van der Waals surface area contributed by atoms with Crippen LogP contribution in [-0.4, -0.2) is 30.5 Å². The summed E-state index contributed by atoms with van der Waals surface area (Å²) in [5.74, 6) is -0.607. The fourth-order valence-corrected chi connectivity index (χ4v) is 4.05. The van der Waals surface area contributed by atoms with Gasteiger partial charge >= 0.3 is 5.97 Å². The standard InChI is InChI=1S/C22H20N2O6S/c1-4-30-22(26)18-17(14-8-10-15(29-3)11-9-14)12-31-21(18)23-20(25)16-7-5-6-13(2)19(16)24(27)28/h5-12H,4H2,1-3H3,(H,23,25). The smallest absolute Gasteiger partial charge is 0.341 e. The van der Waals surface area contributed by atoms with Gasteiger partial charge in [0.1, 0.15) is 21.9 Å². The minimum Gasteiger partial charge on any atom is -0.497 e. The number of thiophene rings is 1. The number of hydrogen-bond donors (Lipinski definition) is 1. The van der Waals surface area contributed by atoms with Gasteiger partial charge in [-0.15, -0.1) is 11.3 Å². The van der Waals surface area contributed by atoms with Crippen LogP contribution in [0.2, 0.25) is 0 Å². The lowest BCUT2D eigenvalue weighted by Crippen LogP contribution is -2.16. The van der Waals surface area contributed by atoms with E-state index in [1.165, 1.54) is 6.07 Å². The van der Waals surface area contributed by atoms with Gasteiger partial charge in [0.25, 0.3) is 11.6 Å². The van der Waals surface area contributed by atoms with Gasteiger partial charge in [0, 0.05) is 16.5 Å². The lowest BCUT2D eigenvalue weighted by atomic mass is 10.0. The number of para-hydroxylation sites is 1. The Balaban J connectivity index is 2.03. The number of rotatable bonds is 7. The number of anilines is 1. The first-order chi connectivity index (χ1) is 14.9. The van der Waals surface area contributed by atoms with Crippen LogP contribution < -0.4 is 10.1 Å². The molecule has 1 aromatic heterocycles. The quantitative estimate of drug-likeness (QED) is 0.312. The highest BCUT2D eigenvalue weighted by molar-refractivity contribution is 7.15. The lowest BCUT2D eigenvalue weighted by molar-refractivity contribution is -0.385. The first kappa shape index (κ1) is 22.0. The van der Waals surface area contributed by atoms with Crippen molar-refractivity contribution in [3.8, 4) is 16.9 Å². The summed E-state index contributed by atoms with van der Waals surface area (Å²) < 4.78 is 10.4. The Morgan fingerprint density at radius 2 is 1.87 bits per heavy atom. The van der Waals surface area contributed by atoms with E-state index in [0.717, 1.165) is 16.9 Å². The zero-order valence-corrected chi connectivity index (χ0v) is 17.9. The Labute approximate surface area is 182 Å². The Hall–Kier alpha value is -3.72. The van der Waals surface area contributed by atoms with Crippen LogP contribution >= 0.6 is 11.3 Å². The predicted molar refractivity (Wildman–Crippen MR) is 118 cm³/mol. The molecule has 31 heavy (non-hydrogen) atoms. The Morgan fingerprint density at radius 3 is 2.48 bits per heavy atom. The van der Waals surface area contributed by atoms with E-state index in [1.807, 2.05) is 0 Å². The van der Waals surface area contributed by atoms with E-state index in [4.69, 9.17) is 9.47 Å². The first-order valence-electron chi connectivity index (χ1n) is 9.35. The number of methoxy groups -OCH3 is 1. The number of ether oxygens (including phenoxy) is 2. The molecule has 3 aromatic rings. The number of hydrogen-bond acceptors (Lipinski definition) is 7. The highest BCUT2D eigenvalue weighted by atomic mass is 32.1. The van der Waals surface area contributed by atoms with Crippen molar-refractivity contribution in [3.63, 3.8) is 0 Å². The molecule has 0 fully saturated rings. The molecule has 0 aliphatic carbocycles. The Morgan fingerprint density at radius 1 is 1.16 bits per heavy atom. The Bertz CT molecular complexity index is 1140. The molecule has 0 bridgehead atoms. The maximum Gasteiger partial charge on any atom is 0.341 e. The number of esters is 1. The summed E-state index contributed by atoms with van der Waals surface area (Å²) in [5.41, 5.74) is 1.53. The fourth-order valence-electron chi connectivity index (χ4n) is 3.09. The summed E-state index contributed by atoms with van der Waals surface area (Å²) in [7, 11) is 1.56. The number of carbonyl (C=O) groups is 2. The van der Waals surface area contributed by atoms with Gasteiger partial charge in [-0.25, -0.2) is 4.79 Å². The highest BCUT2D eigenvalue weighted by Crippen LogP contribution is 2.37. The minimum atomic E-state index is -0.677. The number of carbonyl (C=O) groups excluding carboxylic acids is 2. The highest BCUT2D eigenvalue weighted by Gasteiger charge is 2.26. The molecule has 160 valence electrons. The molecule has 1 heterocycles. The van der Waals surface area contributed by atoms with Crippen LogP contribution in [0.15, 0.2) is 47.8 Å². The molecule has 9 heteroatoms. The number of nitrogens with zero attached hydrogens (tertiary/aromatic N) is 1. The molecule has 0 radical (unpaired) electrons. The van der Waals surface area contributed by atoms with Crippen molar-refractivity contribution in [1.29, 1.82) is 0 Å². The van der Waals surface area contributed by atoms with Crippen molar-refractivity contribution in [2.75, 3.05) is 19.0 Å². The molecule has 0 atom stereocenters. The van der Waals surface area contributed by atoms with Crippen molar-refractivity contribution in [2.45, 2.75) is 13.8 Å². The molecule has 3 rings (SSSR count). The zero-order chi connectivity index (χ0) is 22.5. The van der Waals surface area contributed by atoms with Gasteiger partial charge in [0.15, 0.2) is 0 Å². The van der Waals surface area contributed by atoms with E-state index in [1.54, 1.807) is 62.7 Å². The number of amides is 1. The molecule has 1 amide bonds. The topological polar surface area (TPSA) is 108 Å². The largest absolute Gasteiger partial charge is 0.497 e. The first-order valence-corrected chi connectivity index (χ1v) is 10.2. The van der Waals surface area contributed by atoms with E-state index < -0.39 is 16.8 Å². The second kappa shape index (κ2) is 9.40. The van der Waals surface area contributed by atoms with Crippen LogP contribution in [0.3, 0.4) is 0 Å². The van der Waals surface area contributed by atoms with Crippen LogP contribution in [0, 0.1) is 17.0 Å². The van der Waals surface area contributed by atoms with E-state index in [2.05, 4.69) is 5.32 Å². The van der Waals surface area contributed by atoms with Gasteiger partial charge < -0.3 is 14.8 Å². The number of nitro groups is 1. The number of nitro benzene ring substituents is 1. The van der Waals surface area contributed by atoms with Crippen LogP contribution in [0.25, 0.3) is 11.1 Å². The minimum absolute atomic E-state index is 0.0841.